The van der Waals surface area contributed by atoms with E-state index in [2.05, 4.69) is 17.1 Å². The molecule has 2 aliphatic rings. The summed E-state index contributed by atoms with van der Waals surface area (Å²) < 4.78 is 5.51. The predicted molar refractivity (Wildman–Crippen MR) is 57.4 cm³/mol. The van der Waals surface area contributed by atoms with Gasteiger partial charge in [0, 0.05) is 19.1 Å². The SMILES string of the molecule is CCC1COCCN1CC1CCNC1. The maximum atomic E-state index is 5.51. The van der Waals surface area contributed by atoms with Crippen molar-refractivity contribution >= 4 is 0 Å². The van der Waals surface area contributed by atoms with E-state index in [4.69, 9.17) is 4.74 Å². The van der Waals surface area contributed by atoms with Crippen LogP contribution >= 0.6 is 0 Å². The Labute approximate surface area is 86.8 Å². The summed E-state index contributed by atoms with van der Waals surface area (Å²) in [5, 5.41) is 3.44. The molecule has 2 unspecified atom stereocenters. The highest BCUT2D eigenvalue weighted by molar-refractivity contribution is 4.80. The predicted octanol–water partition coefficient (Wildman–Crippen LogP) is 0.707. The topological polar surface area (TPSA) is 24.5 Å². The van der Waals surface area contributed by atoms with Crippen molar-refractivity contribution in [2.75, 3.05) is 39.4 Å². The van der Waals surface area contributed by atoms with Crippen LogP contribution in [0.15, 0.2) is 0 Å². The Hall–Kier alpha value is -0.120. The number of hydrogen-bond acceptors (Lipinski definition) is 3. The van der Waals surface area contributed by atoms with Crippen LogP contribution in [0, 0.1) is 5.92 Å². The van der Waals surface area contributed by atoms with Crippen LogP contribution in [-0.2, 0) is 4.74 Å². The number of nitrogens with zero attached hydrogens (tertiary/aromatic N) is 1. The normalized spacial score (nSPS) is 34.9. The van der Waals surface area contributed by atoms with Gasteiger partial charge in [0.05, 0.1) is 13.2 Å². The van der Waals surface area contributed by atoms with E-state index in [1.165, 1.54) is 32.5 Å². The largest absolute Gasteiger partial charge is 0.378 e. The van der Waals surface area contributed by atoms with Crippen molar-refractivity contribution < 1.29 is 4.74 Å². The van der Waals surface area contributed by atoms with Gasteiger partial charge in [0.15, 0.2) is 0 Å². The molecule has 2 rings (SSSR count). The lowest BCUT2D eigenvalue weighted by Gasteiger charge is -2.36. The molecular formula is C11H22N2O. The van der Waals surface area contributed by atoms with Crippen LogP contribution in [0.3, 0.4) is 0 Å². The first-order valence-corrected chi connectivity index (χ1v) is 5.92. The molecule has 2 atom stereocenters. The molecule has 0 aromatic heterocycles. The fourth-order valence-electron chi connectivity index (χ4n) is 2.51. The van der Waals surface area contributed by atoms with Crippen molar-refractivity contribution in [3.05, 3.63) is 0 Å². The zero-order valence-corrected chi connectivity index (χ0v) is 9.17. The molecule has 2 saturated heterocycles. The van der Waals surface area contributed by atoms with Gasteiger partial charge in [-0.05, 0) is 31.8 Å². The highest BCUT2D eigenvalue weighted by atomic mass is 16.5. The molecule has 0 radical (unpaired) electrons. The monoisotopic (exact) mass is 198 g/mol. The summed E-state index contributed by atoms with van der Waals surface area (Å²) in [5.74, 6) is 0.877. The van der Waals surface area contributed by atoms with Crippen LogP contribution in [-0.4, -0.2) is 50.3 Å². The summed E-state index contributed by atoms with van der Waals surface area (Å²) in [6.07, 6.45) is 2.58. The lowest BCUT2D eigenvalue weighted by Crippen LogP contribution is -2.47. The van der Waals surface area contributed by atoms with Gasteiger partial charge in [-0.2, -0.15) is 0 Å². The molecule has 0 aromatic carbocycles. The van der Waals surface area contributed by atoms with Crippen molar-refractivity contribution in [1.82, 2.24) is 10.2 Å². The molecule has 2 aliphatic heterocycles. The molecule has 0 saturated carbocycles. The third-order valence-electron chi connectivity index (χ3n) is 3.48. The summed E-state index contributed by atoms with van der Waals surface area (Å²) >= 11 is 0. The van der Waals surface area contributed by atoms with E-state index in [-0.39, 0.29) is 0 Å². The Morgan fingerprint density at radius 2 is 2.43 bits per heavy atom. The molecule has 0 aromatic rings. The van der Waals surface area contributed by atoms with Gasteiger partial charge < -0.3 is 10.1 Å². The zero-order valence-electron chi connectivity index (χ0n) is 9.17. The summed E-state index contributed by atoms with van der Waals surface area (Å²) in [6.45, 7) is 8.97. The number of nitrogens with one attached hydrogen (secondary N) is 1. The van der Waals surface area contributed by atoms with Crippen LogP contribution < -0.4 is 5.32 Å². The molecule has 0 amide bonds. The van der Waals surface area contributed by atoms with Gasteiger partial charge in [-0.3, -0.25) is 4.90 Å². The molecule has 0 bridgehead atoms. The molecule has 2 fully saturated rings. The second-order valence-electron chi connectivity index (χ2n) is 4.49. The molecular weight excluding hydrogens is 176 g/mol. The Kier molecular flexibility index (Phi) is 3.79. The van der Waals surface area contributed by atoms with Crippen molar-refractivity contribution in [2.45, 2.75) is 25.8 Å². The quantitative estimate of drug-likeness (QED) is 0.723. The van der Waals surface area contributed by atoms with Crippen LogP contribution in [0.25, 0.3) is 0 Å². The summed E-state index contributed by atoms with van der Waals surface area (Å²) in [5.41, 5.74) is 0. The first kappa shape index (κ1) is 10.4. The number of hydrogen-bond donors (Lipinski definition) is 1. The molecule has 14 heavy (non-hydrogen) atoms. The van der Waals surface area contributed by atoms with E-state index in [1.54, 1.807) is 0 Å². The average Bonchev–Trinajstić information content (AvgIpc) is 2.71. The number of rotatable bonds is 3. The molecule has 3 nitrogen and oxygen atoms in total. The van der Waals surface area contributed by atoms with Crippen LogP contribution in [0.2, 0.25) is 0 Å². The fourth-order valence-corrected chi connectivity index (χ4v) is 2.51. The third-order valence-corrected chi connectivity index (χ3v) is 3.48. The van der Waals surface area contributed by atoms with E-state index >= 15 is 0 Å². The van der Waals surface area contributed by atoms with Gasteiger partial charge in [0.1, 0.15) is 0 Å². The molecule has 0 aliphatic carbocycles. The van der Waals surface area contributed by atoms with Gasteiger partial charge in [-0.25, -0.2) is 0 Å². The summed E-state index contributed by atoms with van der Waals surface area (Å²) in [4.78, 5) is 2.63. The minimum atomic E-state index is 0.671. The highest BCUT2D eigenvalue weighted by Gasteiger charge is 2.25. The molecule has 82 valence electrons. The van der Waals surface area contributed by atoms with Gasteiger partial charge in [0.2, 0.25) is 0 Å². The third kappa shape index (κ3) is 2.47. The Morgan fingerprint density at radius 3 is 3.14 bits per heavy atom. The minimum Gasteiger partial charge on any atom is -0.378 e. The lowest BCUT2D eigenvalue weighted by molar-refractivity contribution is -0.0143. The van der Waals surface area contributed by atoms with E-state index in [9.17, 15) is 0 Å². The van der Waals surface area contributed by atoms with E-state index in [0.717, 1.165) is 25.7 Å². The van der Waals surface area contributed by atoms with Gasteiger partial charge >= 0.3 is 0 Å². The fraction of sp³-hybridized carbons (Fsp3) is 1.00. The van der Waals surface area contributed by atoms with E-state index < -0.39 is 0 Å². The molecule has 0 spiro atoms. The zero-order chi connectivity index (χ0) is 9.80. The summed E-state index contributed by atoms with van der Waals surface area (Å²) in [7, 11) is 0. The smallest absolute Gasteiger partial charge is 0.0622 e. The first-order chi connectivity index (χ1) is 6.90. The number of ether oxygens (including phenoxy) is 1. The van der Waals surface area contributed by atoms with Gasteiger partial charge in [-0.15, -0.1) is 0 Å². The maximum Gasteiger partial charge on any atom is 0.0622 e. The van der Waals surface area contributed by atoms with Gasteiger partial charge in [-0.1, -0.05) is 6.92 Å². The molecule has 2 heterocycles. The van der Waals surface area contributed by atoms with E-state index in [0.29, 0.717) is 6.04 Å². The van der Waals surface area contributed by atoms with Crippen molar-refractivity contribution in [2.24, 2.45) is 5.92 Å². The lowest BCUT2D eigenvalue weighted by atomic mass is 10.1. The standard InChI is InChI=1S/C11H22N2O/c1-2-11-9-14-6-5-13(11)8-10-3-4-12-7-10/h10-12H,2-9H2,1H3. The average molecular weight is 198 g/mol. The van der Waals surface area contributed by atoms with Gasteiger partial charge in [0.25, 0.3) is 0 Å². The molecule has 1 N–H and O–H groups in total. The molecule has 3 heteroatoms. The summed E-state index contributed by atoms with van der Waals surface area (Å²) in [6, 6.07) is 0.671. The first-order valence-electron chi connectivity index (χ1n) is 5.92. The van der Waals surface area contributed by atoms with Crippen molar-refractivity contribution in [1.29, 1.82) is 0 Å². The maximum absolute atomic E-state index is 5.51. The van der Waals surface area contributed by atoms with Crippen LogP contribution in [0.1, 0.15) is 19.8 Å². The Morgan fingerprint density at radius 1 is 1.50 bits per heavy atom. The highest BCUT2D eigenvalue weighted by Crippen LogP contribution is 2.16. The van der Waals surface area contributed by atoms with Crippen molar-refractivity contribution in [3.63, 3.8) is 0 Å². The second kappa shape index (κ2) is 5.10. The number of morpholine rings is 1. The minimum absolute atomic E-state index is 0.671. The Balaban J connectivity index is 1.81. The van der Waals surface area contributed by atoms with Crippen molar-refractivity contribution in [3.8, 4) is 0 Å². The second-order valence-corrected chi connectivity index (χ2v) is 4.49. The van der Waals surface area contributed by atoms with E-state index in [1.807, 2.05) is 0 Å². The Bertz CT molecular complexity index is 169. The van der Waals surface area contributed by atoms with Crippen LogP contribution in [0.5, 0.6) is 0 Å². The van der Waals surface area contributed by atoms with Crippen LogP contribution in [0.4, 0.5) is 0 Å².